The van der Waals surface area contributed by atoms with E-state index in [1.54, 1.807) is 43.3 Å². The van der Waals surface area contributed by atoms with Gasteiger partial charge in [-0.2, -0.15) is 0 Å². The van der Waals surface area contributed by atoms with Gasteiger partial charge in [-0.3, -0.25) is 9.59 Å². The Morgan fingerprint density at radius 3 is 2.41 bits per heavy atom. The van der Waals surface area contributed by atoms with Crippen molar-refractivity contribution in [2.45, 2.75) is 12.8 Å². The Labute approximate surface area is 176 Å². The molecule has 0 radical (unpaired) electrons. The number of rotatable bonds is 3. The van der Waals surface area contributed by atoms with Crippen molar-refractivity contribution in [3.8, 4) is 0 Å². The van der Waals surface area contributed by atoms with Gasteiger partial charge in [-0.1, -0.05) is 53.5 Å². The molecule has 2 aliphatic rings. The van der Waals surface area contributed by atoms with E-state index >= 15 is 0 Å². The molecule has 2 aromatic carbocycles. The number of hydrogen-bond donors (Lipinski definition) is 0. The topological polar surface area (TPSA) is 69.7 Å². The van der Waals surface area contributed by atoms with Crippen molar-refractivity contribution in [1.82, 2.24) is 0 Å². The van der Waals surface area contributed by atoms with E-state index in [9.17, 15) is 14.4 Å². The van der Waals surface area contributed by atoms with Crippen molar-refractivity contribution in [2.75, 3.05) is 6.61 Å². The Bertz CT molecular complexity index is 1130. The van der Waals surface area contributed by atoms with Gasteiger partial charge in [0.15, 0.2) is 11.5 Å². The number of carbonyl (C=O) groups excluding carboxylic acids is 3. The molecule has 1 heterocycles. The van der Waals surface area contributed by atoms with E-state index in [4.69, 9.17) is 32.7 Å². The van der Waals surface area contributed by atoms with Crippen LogP contribution in [0.5, 0.6) is 0 Å². The molecule has 0 saturated carbocycles. The SMILES string of the molecule is CCOC(=O)C1=COC2=C(C(=O)c3ccccc3C2=O)C1c1ccc(Cl)cc1Cl. The predicted octanol–water partition coefficient (Wildman–Crippen LogP) is 4.89. The molecule has 0 spiro atoms. The van der Waals surface area contributed by atoms with Crippen LogP contribution in [0.3, 0.4) is 0 Å². The van der Waals surface area contributed by atoms with Crippen LogP contribution in [0.15, 0.2) is 65.6 Å². The van der Waals surface area contributed by atoms with Gasteiger partial charge in [0.1, 0.15) is 6.26 Å². The summed E-state index contributed by atoms with van der Waals surface area (Å²) in [6, 6.07) is 11.2. The second kappa shape index (κ2) is 7.50. The summed E-state index contributed by atoms with van der Waals surface area (Å²) in [6.45, 7) is 1.81. The zero-order chi connectivity index (χ0) is 20.7. The standard InChI is InChI=1S/C22H14Cl2O5/c1-2-28-22(27)15-10-29-21-18(17(15)14-8-7-11(23)9-16(14)24)19(25)12-5-3-4-6-13(12)20(21)26/h3-10,17H,2H2,1H3. The molecule has 146 valence electrons. The van der Waals surface area contributed by atoms with Crippen LogP contribution >= 0.6 is 23.2 Å². The molecule has 0 saturated heterocycles. The predicted molar refractivity (Wildman–Crippen MR) is 107 cm³/mol. The average molecular weight is 429 g/mol. The van der Waals surface area contributed by atoms with E-state index in [1.165, 1.54) is 6.07 Å². The number of fused-ring (bicyclic) bond motifs is 1. The highest BCUT2D eigenvalue weighted by Gasteiger charge is 2.44. The van der Waals surface area contributed by atoms with Crippen LogP contribution in [0.4, 0.5) is 0 Å². The number of hydrogen-bond acceptors (Lipinski definition) is 5. The lowest BCUT2D eigenvalue weighted by Crippen LogP contribution is -2.31. The summed E-state index contributed by atoms with van der Waals surface area (Å²) in [5, 5.41) is 0.656. The lowest BCUT2D eigenvalue weighted by molar-refractivity contribution is -0.139. The smallest absolute Gasteiger partial charge is 0.338 e. The monoisotopic (exact) mass is 428 g/mol. The molecule has 4 rings (SSSR count). The molecule has 0 amide bonds. The molecule has 0 fully saturated rings. The quantitative estimate of drug-likeness (QED) is 0.650. The third kappa shape index (κ3) is 3.16. The molecular formula is C22H14Cl2O5. The minimum atomic E-state index is -0.924. The Morgan fingerprint density at radius 2 is 1.76 bits per heavy atom. The summed E-state index contributed by atoms with van der Waals surface area (Å²) < 4.78 is 10.6. The molecule has 0 bridgehead atoms. The maximum atomic E-state index is 13.3. The first-order valence-electron chi connectivity index (χ1n) is 8.85. The number of halogens is 2. The number of ketones is 2. The molecule has 2 aromatic rings. The second-order valence-electron chi connectivity index (χ2n) is 6.46. The fourth-order valence-electron chi connectivity index (χ4n) is 3.54. The zero-order valence-corrected chi connectivity index (χ0v) is 16.7. The van der Waals surface area contributed by atoms with Gasteiger partial charge in [0.05, 0.1) is 23.7 Å². The van der Waals surface area contributed by atoms with E-state index in [1.807, 2.05) is 0 Å². The molecule has 0 aromatic heterocycles. The molecule has 1 aliphatic heterocycles. The highest BCUT2D eigenvalue weighted by molar-refractivity contribution is 6.35. The van der Waals surface area contributed by atoms with Gasteiger partial charge in [0.25, 0.3) is 0 Å². The number of esters is 1. The minimum Gasteiger partial charge on any atom is -0.463 e. The summed E-state index contributed by atoms with van der Waals surface area (Å²) in [7, 11) is 0. The minimum absolute atomic E-state index is 0.0588. The van der Waals surface area contributed by atoms with Crippen molar-refractivity contribution in [3.05, 3.63) is 92.4 Å². The number of benzene rings is 2. The first-order chi connectivity index (χ1) is 13.9. The fraction of sp³-hybridized carbons (Fsp3) is 0.136. The Balaban J connectivity index is 1.94. The van der Waals surface area contributed by atoms with Gasteiger partial charge in [0, 0.05) is 21.2 Å². The van der Waals surface area contributed by atoms with E-state index in [0.29, 0.717) is 10.6 Å². The van der Waals surface area contributed by atoms with Crippen molar-refractivity contribution in [1.29, 1.82) is 0 Å². The molecule has 7 heteroatoms. The molecule has 0 N–H and O–H groups in total. The number of allylic oxidation sites excluding steroid dienone is 2. The fourth-order valence-corrected chi connectivity index (χ4v) is 4.05. The first kappa shape index (κ1) is 19.4. The highest BCUT2D eigenvalue weighted by atomic mass is 35.5. The molecule has 1 unspecified atom stereocenters. The van der Waals surface area contributed by atoms with Crippen molar-refractivity contribution in [2.24, 2.45) is 0 Å². The van der Waals surface area contributed by atoms with Gasteiger partial charge in [0.2, 0.25) is 5.78 Å². The lowest BCUT2D eigenvalue weighted by atomic mass is 9.75. The van der Waals surface area contributed by atoms with Crippen LogP contribution in [-0.4, -0.2) is 24.1 Å². The van der Waals surface area contributed by atoms with Gasteiger partial charge in [-0.15, -0.1) is 0 Å². The average Bonchev–Trinajstić information content (AvgIpc) is 2.71. The highest BCUT2D eigenvalue weighted by Crippen LogP contribution is 2.45. The number of carbonyl (C=O) groups is 3. The van der Waals surface area contributed by atoms with Gasteiger partial charge in [-0.05, 0) is 24.6 Å². The largest absolute Gasteiger partial charge is 0.463 e. The maximum absolute atomic E-state index is 13.3. The van der Waals surface area contributed by atoms with Crippen molar-refractivity contribution >= 4 is 40.7 Å². The van der Waals surface area contributed by atoms with Crippen molar-refractivity contribution in [3.63, 3.8) is 0 Å². The van der Waals surface area contributed by atoms with E-state index < -0.39 is 23.5 Å². The Kier molecular flexibility index (Phi) is 5.03. The normalized spacial score (nSPS) is 17.9. The van der Waals surface area contributed by atoms with Crippen molar-refractivity contribution < 1.29 is 23.9 Å². The summed E-state index contributed by atoms with van der Waals surface area (Å²) in [5.41, 5.74) is 1.09. The Morgan fingerprint density at radius 1 is 1.07 bits per heavy atom. The zero-order valence-electron chi connectivity index (χ0n) is 15.2. The number of Topliss-reactive ketones (excluding diaryl/α,β-unsaturated/α-hetero) is 2. The summed E-state index contributed by atoms with van der Waals surface area (Å²) in [6.07, 6.45) is 1.16. The maximum Gasteiger partial charge on any atom is 0.338 e. The van der Waals surface area contributed by atoms with Crippen LogP contribution in [0.25, 0.3) is 0 Å². The van der Waals surface area contributed by atoms with E-state index in [0.717, 1.165) is 6.26 Å². The summed E-state index contributed by atoms with van der Waals surface area (Å²) in [4.78, 5) is 38.9. The lowest BCUT2D eigenvalue weighted by Gasteiger charge is -2.31. The van der Waals surface area contributed by atoms with E-state index in [-0.39, 0.29) is 39.7 Å². The van der Waals surface area contributed by atoms with Gasteiger partial charge < -0.3 is 9.47 Å². The van der Waals surface area contributed by atoms with Crippen LogP contribution in [0.2, 0.25) is 10.0 Å². The molecule has 5 nitrogen and oxygen atoms in total. The Hall–Kier alpha value is -2.89. The van der Waals surface area contributed by atoms with E-state index in [2.05, 4.69) is 0 Å². The third-order valence-electron chi connectivity index (χ3n) is 4.80. The van der Waals surface area contributed by atoms with Gasteiger partial charge in [-0.25, -0.2) is 4.79 Å². The molecule has 29 heavy (non-hydrogen) atoms. The summed E-state index contributed by atoms with van der Waals surface area (Å²) >= 11 is 12.4. The van der Waals surface area contributed by atoms with Crippen LogP contribution in [-0.2, 0) is 14.3 Å². The molecule has 1 aliphatic carbocycles. The van der Waals surface area contributed by atoms with Crippen LogP contribution in [0.1, 0.15) is 39.1 Å². The molecule has 1 atom stereocenters. The van der Waals surface area contributed by atoms with Crippen LogP contribution in [0, 0.1) is 0 Å². The van der Waals surface area contributed by atoms with Gasteiger partial charge >= 0.3 is 5.97 Å². The molecular weight excluding hydrogens is 415 g/mol. The second-order valence-corrected chi connectivity index (χ2v) is 7.30. The third-order valence-corrected chi connectivity index (χ3v) is 5.36. The van der Waals surface area contributed by atoms with Crippen LogP contribution < -0.4 is 0 Å². The first-order valence-corrected chi connectivity index (χ1v) is 9.61. The number of ether oxygens (including phenoxy) is 2. The summed E-state index contributed by atoms with van der Waals surface area (Å²) in [5.74, 6) is -2.52.